The van der Waals surface area contributed by atoms with E-state index < -0.39 is 6.04 Å². The third-order valence-electron chi connectivity index (χ3n) is 3.31. The lowest BCUT2D eigenvalue weighted by Gasteiger charge is -2.31. The van der Waals surface area contributed by atoms with Crippen molar-refractivity contribution in [3.8, 4) is 0 Å². The number of urea groups is 1. The zero-order valence-corrected chi connectivity index (χ0v) is 10.9. The van der Waals surface area contributed by atoms with Crippen LogP contribution in [0.1, 0.15) is 19.8 Å². The summed E-state index contributed by atoms with van der Waals surface area (Å²) in [4.78, 5) is 30.6. The Kier molecular flexibility index (Phi) is 3.06. The number of imide groups is 1. The van der Waals surface area contributed by atoms with E-state index >= 15 is 0 Å². The van der Waals surface area contributed by atoms with Crippen molar-refractivity contribution in [3.63, 3.8) is 0 Å². The minimum Gasteiger partial charge on any atom is -0.288 e. The van der Waals surface area contributed by atoms with E-state index in [4.69, 9.17) is 5.73 Å². The highest BCUT2D eigenvalue weighted by molar-refractivity contribution is 6.22. The highest BCUT2D eigenvalue weighted by Crippen LogP contribution is 2.17. The second-order valence-electron chi connectivity index (χ2n) is 4.52. The number of guanidine groups is 1. The summed E-state index contributed by atoms with van der Waals surface area (Å²) in [6, 6.07) is -0.926. The highest BCUT2D eigenvalue weighted by atomic mass is 16.2. The van der Waals surface area contributed by atoms with E-state index in [0.29, 0.717) is 18.3 Å². The van der Waals surface area contributed by atoms with Gasteiger partial charge in [-0.15, -0.1) is 0 Å². The molecule has 2 aliphatic rings. The lowest BCUT2D eigenvalue weighted by Crippen LogP contribution is -2.61. The Hall–Kier alpha value is -1.92. The topological polar surface area (TPSA) is 82.0 Å². The molecule has 0 aliphatic carbocycles. The first-order valence-corrected chi connectivity index (χ1v) is 6.02. The molecule has 1 fully saturated rings. The van der Waals surface area contributed by atoms with Crippen LogP contribution in [0.5, 0.6) is 0 Å². The molecule has 1 unspecified atom stereocenters. The molecule has 98 valence electrons. The molecule has 2 heterocycles. The molecule has 1 atom stereocenters. The minimum atomic E-state index is -0.552. The number of amides is 3. The van der Waals surface area contributed by atoms with Crippen molar-refractivity contribution >= 4 is 23.7 Å². The number of carbonyl (C=O) groups is 2. The fourth-order valence-electron chi connectivity index (χ4n) is 2.19. The van der Waals surface area contributed by atoms with Gasteiger partial charge in [-0.25, -0.2) is 9.37 Å². The molecule has 3 amide bonds. The van der Waals surface area contributed by atoms with Crippen LogP contribution in [-0.4, -0.2) is 64.8 Å². The van der Waals surface area contributed by atoms with E-state index in [9.17, 15) is 9.59 Å². The number of rotatable bonds is 3. The predicted octanol–water partition coefficient (Wildman–Crippen LogP) is -0.582. The molecular weight excluding hydrogens is 234 g/mol. The van der Waals surface area contributed by atoms with Gasteiger partial charge in [0, 0.05) is 14.1 Å². The number of unbranched alkanes of at least 4 members (excludes halogenated alkanes) is 1. The van der Waals surface area contributed by atoms with Crippen LogP contribution >= 0.6 is 0 Å². The summed E-state index contributed by atoms with van der Waals surface area (Å²) in [5.41, 5.74) is 5.84. The molecule has 0 aromatic rings. The smallest absolute Gasteiger partial charge is 0.288 e. The van der Waals surface area contributed by atoms with E-state index in [1.807, 2.05) is 0 Å². The fourth-order valence-corrected chi connectivity index (χ4v) is 2.19. The summed E-state index contributed by atoms with van der Waals surface area (Å²) in [5, 5.41) is 0. The maximum absolute atomic E-state index is 12.2. The number of nitrogens with zero attached hydrogens (tertiary/aromatic N) is 4. The van der Waals surface area contributed by atoms with E-state index in [-0.39, 0.29) is 11.9 Å². The average Bonchev–Trinajstić information content (AvgIpc) is 2.68. The highest BCUT2D eigenvalue weighted by Gasteiger charge is 2.50. The molecule has 0 aromatic heterocycles. The van der Waals surface area contributed by atoms with Gasteiger partial charge in [0.25, 0.3) is 5.91 Å². The molecule has 0 radical (unpaired) electrons. The van der Waals surface area contributed by atoms with Gasteiger partial charge < -0.3 is 0 Å². The van der Waals surface area contributed by atoms with Crippen LogP contribution < -0.4 is 5.73 Å². The Bertz CT molecular complexity index is 468. The first-order valence-electron chi connectivity index (χ1n) is 6.02. The second-order valence-corrected chi connectivity index (χ2v) is 4.52. The van der Waals surface area contributed by atoms with E-state index in [0.717, 1.165) is 17.7 Å². The number of amidine groups is 1. The van der Waals surface area contributed by atoms with Crippen LogP contribution in [0.15, 0.2) is 4.99 Å². The SMILES string of the molecule is CCCC[N+]1=C(N)N=C2C1C(=O)N(C)C(=O)N2C. The van der Waals surface area contributed by atoms with Crippen molar-refractivity contribution in [3.05, 3.63) is 0 Å². The summed E-state index contributed by atoms with van der Waals surface area (Å²) in [6.45, 7) is 2.74. The molecule has 2 aliphatic heterocycles. The van der Waals surface area contributed by atoms with Gasteiger partial charge in [0.1, 0.15) is 0 Å². The summed E-state index contributed by atoms with van der Waals surface area (Å²) in [6.07, 6.45) is 1.93. The molecule has 0 spiro atoms. The van der Waals surface area contributed by atoms with Crippen molar-refractivity contribution < 1.29 is 14.2 Å². The summed E-state index contributed by atoms with van der Waals surface area (Å²) in [5.74, 6) is 0.469. The maximum Gasteiger partial charge on any atom is 0.387 e. The number of carbonyl (C=O) groups excluding carboxylic acids is 2. The van der Waals surface area contributed by atoms with Gasteiger partial charge in [-0.05, 0) is 6.42 Å². The standard InChI is InChI=1S/C11H17N5O2/c1-4-5-6-16-7-8(13-10(16)12)14(2)11(18)15(3)9(7)17/h7,12H,4-6H2,1-3H3/p+1. The van der Waals surface area contributed by atoms with Gasteiger partial charge in [0.2, 0.25) is 11.9 Å². The number of nitrogens with two attached hydrogens (primary N) is 1. The third kappa shape index (κ3) is 1.66. The number of fused-ring (bicyclic) bond motifs is 1. The largest absolute Gasteiger partial charge is 0.387 e. The van der Waals surface area contributed by atoms with Gasteiger partial charge in [0.05, 0.1) is 6.54 Å². The van der Waals surface area contributed by atoms with Gasteiger partial charge in [-0.2, -0.15) is 0 Å². The normalized spacial score (nSPS) is 23.7. The molecule has 1 saturated heterocycles. The van der Waals surface area contributed by atoms with E-state index in [1.54, 1.807) is 11.6 Å². The molecule has 0 aromatic carbocycles. The quantitative estimate of drug-likeness (QED) is 0.682. The first kappa shape index (κ1) is 12.5. The van der Waals surface area contributed by atoms with Crippen molar-refractivity contribution in [1.82, 2.24) is 9.80 Å². The van der Waals surface area contributed by atoms with Crippen LogP contribution in [0.4, 0.5) is 4.79 Å². The summed E-state index contributed by atoms with van der Waals surface area (Å²) in [7, 11) is 3.08. The van der Waals surface area contributed by atoms with Gasteiger partial charge in [-0.1, -0.05) is 18.3 Å². The lowest BCUT2D eigenvalue weighted by atomic mass is 10.1. The molecular formula is C11H18N5O2+. The van der Waals surface area contributed by atoms with E-state index in [2.05, 4.69) is 11.9 Å². The zero-order valence-electron chi connectivity index (χ0n) is 10.9. The first-order chi connectivity index (χ1) is 8.49. The zero-order chi connectivity index (χ0) is 13.4. The lowest BCUT2D eigenvalue weighted by molar-refractivity contribution is -0.536. The second kappa shape index (κ2) is 4.40. The Labute approximate surface area is 106 Å². The van der Waals surface area contributed by atoms with Crippen LogP contribution in [-0.2, 0) is 4.79 Å². The van der Waals surface area contributed by atoms with Gasteiger partial charge in [0.15, 0.2) is 0 Å². The van der Waals surface area contributed by atoms with Crippen molar-refractivity contribution in [2.24, 2.45) is 10.7 Å². The molecule has 2 rings (SSSR count). The Balaban J connectivity index is 2.33. The van der Waals surface area contributed by atoms with Crippen LogP contribution in [0.25, 0.3) is 0 Å². The summed E-state index contributed by atoms with van der Waals surface area (Å²) >= 11 is 0. The summed E-state index contributed by atoms with van der Waals surface area (Å²) < 4.78 is 1.76. The molecule has 0 bridgehead atoms. The predicted molar refractivity (Wildman–Crippen MR) is 66.4 cm³/mol. The Morgan fingerprint density at radius 3 is 2.61 bits per heavy atom. The van der Waals surface area contributed by atoms with Crippen LogP contribution in [0.3, 0.4) is 0 Å². The van der Waals surface area contributed by atoms with Crippen LogP contribution in [0, 0.1) is 0 Å². The Morgan fingerprint density at radius 2 is 2.00 bits per heavy atom. The molecule has 18 heavy (non-hydrogen) atoms. The van der Waals surface area contributed by atoms with Gasteiger partial charge >= 0.3 is 12.0 Å². The number of aliphatic imine (C=N–C) groups is 1. The number of hydrogen-bond donors (Lipinski definition) is 1. The minimum absolute atomic E-state index is 0.270. The molecule has 7 heteroatoms. The van der Waals surface area contributed by atoms with Gasteiger partial charge in [-0.3, -0.25) is 20.3 Å². The van der Waals surface area contributed by atoms with Crippen molar-refractivity contribution in [1.29, 1.82) is 0 Å². The van der Waals surface area contributed by atoms with Crippen molar-refractivity contribution in [2.45, 2.75) is 25.8 Å². The maximum atomic E-state index is 12.2. The third-order valence-corrected chi connectivity index (χ3v) is 3.31. The van der Waals surface area contributed by atoms with Crippen LogP contribution in [0.2, 0.25) is 0 Å². The molecule has 0 saturated carbocycles. The average molecular weight is 252 g/mol. The fraction of sp³-hybridized carbons (Fsp3) is 0.636. The molecule has 7 nitrogen and oxygen atoms in total. The number of likely N-dealkylation sites (N-methyl/N-ethyl adjacent to an activating group) is 2. The Morgan fingerprint density at radius 1 is 1.33 bits per heavy atom. The van der Waals surface area contributed by atoms with Crippen molar-refractivity contribution in [2.75, 3.05) is 20.6 Å². The monoisotopic (exact) mass is 252 g/mol. The molecule has 2 N–H and O–H groups in total. The number of hydrogen-bond acceptors (Lipinski definition) is 4. The van der Waals surface area contributed by atoms with E-state index in [1.165, 1.54) is 11.9 Å².